The molecule has 2 unspecified atom stereocenters. The van der Waals surface area contributed by atoms with Gasteiger partial charge in [0, 0.05) is 35.2 Å². The number of hydrogen-bond donors (Lipinski definition) is 0. The number of benzene rings is 1. The summed E-state index contributed by atoms with van der Waals surface area (Å²) in [7, 11) is 1.69. The molecule has 0 radical (unpaired) electrons. The Kier molecular flexibility index (Phi) is 5.46. The van der Waals surface area contributed by atoms with Crippen molar-refractivity contribution in [3.05, 3.63) is 34.6 Å². The number of furan rings is 1. The molecule has 2 atom stereocenters. The van der Waals surface area contributed by atoms with Gasteiger partial charge in [0.05, 0.1) is 7.11 Å². The summed E-state index contributed by atoms with van der Waals surface area (Å²) < 4.78 is 11.7. The summed E-state index contributed by atoms with van der Waals surface area (Å²) in [6, 6.07) is 2.55. The van der Waals surface area contributed by atoms with Gasteiger partial charge in [-0.25, -0.2) is 0 Å². The van der Waals surface area contributed by atoms with E-state index < -0.39 is 0 Å². The van der Waals surface area contributed by atoms with Crippen LogP contribution in [0.5, 0.6) is 5.75 Å². The van der Waals surface area contributed by atoms with E-state index in [4.69, 9.17) is 9.15 Å². The maximum absolute atomic E-state index is 13.2. The molecule has 1 saturated heterocycles. The highest BCUT2D eigenvalue weighted by Gasteiger charge is 2.35. The zero-order chi connectivity index (χ0) is 20.7. The van der Waals surface area contributed by atoms with Crippen molar-refractivity contribution in [1.29, 1.82) is 0 Å². The Morgan fingerprint density at radius 3 is 2.62 bits per heavy atom. The molecule has 4 heteroatoms. The van der Waals surface area contributed by atoms with Crippen molar-refractivity contribution >= 4 is 22.4 Å². The van der Waals surface area contributed by atoms with E-state index in [2.05, 4.69) is 17.9 Å². The molecular weight excluding hydrogens is 362 g/mol. The van der Waals surface area contributed by atoms with E-state index in [1.807, 2.05) is 26.8 Å². The minimum atomic E-state index is 0.152. The van der Waals surface area contributed by atoms with Crippen molar-refractivity contribution in [1.82, 2.24) is 4.90 Å². The van der Waals surface area contributed by atoms with Gasteiger partial charge in [0.1, 0.15) is 17.1 Å². The lowest BCUT2D eigenvalue weighted by atomic mass is 9.78. The molecule has 1 aliphatic heterocycles. The second kappa shape index (κ2) is 7.89. The van der Waals surface area contributed by atoms with Crippen LogP contribution >= 0.6 is 0 Å². The Labute approximate surface area is 173 Å². The number of carbonyl (C=O) groups excluding carboxylic acids is 1. The molecule has 0 bridgehead atoms. The van der Waals surface area contributed by atoms with E-state index in [1.54, 1.807) is 7.11 Å². The third-order valence-corrected chi connectivity index (χ3v) is 7.14. The van der Waals surface area contributed by atoms with Gasteiger partial charge in [-0.15, -0.1) is 0 Å². The number of ether oxygens (including phenoxy) is 1. The van der Waals surface area contributed by atoms with Crippen molar-refractivity contribution < 1.29 is 13.9 Å². The molecule has 29 heavy (non-hydrogen) atoms. The standard InChI is InChI=1S/C25H33NO3/c1-15(13-23(27)26-12-8-10-19-9-6-7-11-22(19)26)20-14-21-16(2)18(4)29-25(21)17(3)24(20)28-5/h13-14,19,22H,6-12H2,1-5H3/b15-13+. The number of rotatable bonds is 3. The maximum atomic E-state index is 13.2. The summed E-state index contributed by atoms with van der Waals surface area (Å²) in [5, 5.41) is 1.10. The molecule has 1 aromatic carbocycles. The maximum Gasteiger partial charge on any atom is 0.247 e. The number of piperidine rings is 1. The van der Waals surface area contributed by atoms with Crippen molar-refractivity contribution in [2.75, 3.05) is 13.7 Å². The molecule has 0 spiro atoms. The topological polar surface area (TPSA) is 42.7 Å². The van der Waals surface area contributed by atoms with Crippen LogP contribution in [0.2, 0.25) is 0 Å². The Hall–Kier alpha value is -2.23. The normalized spacial score (nSPS) is 22.7. The van der Waals surface area contributed by atoms with Crippen LogP contribution in [0.25, 0.3) is 16.5 Å². The number of amides is 1. The van der Waals surface area contributed by atoms with Crippen LogP contribution in [-0.2, 0) is 4.79 Å². The monoisotopic (exact) mass is 395 g/mol. The Morgan fingerprint density at radius 2 is 1.86 bits per heavy atom. The molecule has 1 saturated carbocycles. The van der Waals surface area contributed by atoms with Crippen LogP contribution < -0.4 is 4.74 Å². The third-order valence-electron chi connectivity index (χ3n) is 7.14. The van der Waals surface area contributed by atoms with Gasteiger partial charge in [-0.3, -0.25) is 4.79 Å². The fraction of sp³-hybridized carbons (Fsp3) is 0.560. The molecule has 4 nitrogen and oxygen atoms in total. The van der Waals surface area contributed by atoms with Crippen LogP contribution in [0.15, 0.2) is 16.6 Å². The highest BCUT2D eigenvalue weighted by Crippen LogP contribution is 2.39. The Morgan fingerprint density at radius 1 is 1.14 bits per heavy atom. The first-order valence-electron chi connectivity index (χ1n) is 11.0. The van der Waals surface area contributed by atoms with Crippen molar-refractivity contribution in [2.24, 2.45) is 5.92 Å². The van der Waals surface area contributed by atoms with E-state index in [9.17, 15) is 4.79 Å². The van der Waals surface area contributed by atoms with E-state index in [0.29, 0.717) is 12.0 Å². The number of fused-ring (bicyclic) bond motifs is 2. The molecule has 156 valence electrons. The largest absolute Gasteiger partial charge is 0.496 e. The average molecular weight is 396 g/mol. The molecule has 1 amide bonds. The zero-order valence-corrected chi connectivity index (χ0v) is 18.4. The number of nitrogens with zero attached hydrogens (tertiary/aromatic N) is 1. The van der Waals surface area contributed by atoms with Gasteiger partial charge in [-0.1, -0.05) is 12.8 Å². The first kappa shape index (κ1) is 20.1. The van der Waals surface area contributed by atoms with E-state index in [0.717, 1.165) is 64.1 Å². The van der Waals surface area contributed by atoms with Crippen LogP contribution in [0, 0.1) is 26.7 Å². The second-order valence-corrected chi connectivity index (χ2v) is 8.86. The summed E-state index contributed by atoms with van der Waals surface area (Å²) in [5.41, 5.74) is 4.94. The van der Waals surface area contributed by atoms with Gasteiger partial charge in [0.2, 0.25) is 5.91 Å². The van der Waals surface area contributed by atoms with Gasteiger partial charge in [-0.05, 0) is 76.5 Å². The minimum Gasteiger partial charge on any atom is -0.496 e. The first-order valence-corrected chi connectivity index (χ1v) is 11.0. The number of likely N-dealkylation sites (tertiary alicyclic amines) is 1. The lowest BCUT2D eigenvalue weighted by Crippen LogP contribution is -2.49. The van der Waals surface area contributed by atoms with Gasteiger partial charge in [0.25, 0.3) is 0 Å². The molecule has 4 rings (SSSR count). The number of methoxy groups -OCH3 is 1. The summed E-state index contributed by atoms with van der Waals surface area (Å²) in [5.74, 6) is 2.57. The third kappa shape index (κ3) is 3.47. The van der Waals surface area contributed by atoms with E-state index in [1.165, 1.54) is 25.7 Å². The molecule has 0 N–H and O–H groups in total. The molecule has 1 aliphatic carbocycles. The van der Waals surface area contributed by atoms with Gasteiger partial charge < -0.3 is 14.1 Å². The summed E-state index contributed by atoms with van der Waals surface area (Å²) in [6.45, 7) is 9.01. The Bertz CT molecular complexity index is 966. The van der Waals surface area contributed by atoms with E-state index in [-0.39, 0.29) is 5.91 Å². The average Bonchev–Trinajstić information content (AvgIpc) is 3.01. The molecule has 2 aliphatic rings. The molecular formula is C25H33NO3. The quantitative estimate of drug-likeness (QED) is 0.603. The number of allylic oxidation sites excluding steroid dienone is 1. The lowest BCUT2D eigenvalue weighted by molar-refractivity contribution is -0.132. The first-order chi connectivity index (χ1) is 13.9. The summed E-state index contributed by atoms with van der Waals surface area (Å²) >= 11 is 0. The minimum absolute atomic E-state index is 0.152. The van der Waals surface area contributed by atoms with Crippen molar-refractivity contribution in [3.63, 3.8) is 0 Å². The highest BCUT2D eigenvalue weighted by molar-refractivity contribution is 5.98. The van der Waals surface area contributed by atoms with E-state index >= 15 is 0 Å². The summed E-state index contributed by atoms with van der Waals surface area (Å²) in [6.07, 6.45) is 9.23. The fourth-order valence-corrected chi connectivity index (χ4v) is 5.41. The molecule has 2 aromatic rings. The fourth-order valence-electron chi connectivity index (χ4n) is 5.41. The SMILES string of the molecule is COc1c(/C(C)=C/C(=O)N2CCCC3CCCCC32)cc2c(C)c(C)oc2c1C. The number of carbonyl (C=O) groups is 1. The predicted octanol–water partition coefficient (Wildman–Crippen LogP) is 5.95. The van der Waals surface area contributed by atoms with Crippen LogP contribution in [0.3, 0.4) is 0 Å². The van der Waals surface area contributed by atoms with Crippen LogP contribution in [0.4, 0.5) is 0 Å². The smallest absolute Gasteiger partial charge is 0.247 e. The van der Waals surface area contributed by atoms with Gasteiger partial charge in [0.15, 0.2) is 0 Å². The van der Waals surface area contributed by atoms with Crippen molar-refractivity contribution in [2.45, 2.75) is 72.3 Å². The molecule has 2 heterocycles. The number of aryl methyl sites for hydroxylation is 3. The number of hydrogen-bond acceptors (Lipinski definition) is 3. The predicted molar refractivity (Wildman–Crippen MR) is 117 cm³/mol. The van der Waals surface area contributed by atoms with Crippen LogP contribution in [0.1, 0.15) is 67.9 Å². The van der Waals surface area contributed by atoms with Crippen LogP contribution in [-0.4, -0.2) is 30.5 Å². The summed E-state index contributed by atoms with van der Waals surface area (Å²) in [4.78, 5) is 15.4. The zero-order valence-electron chi connectivity index (χ0n) is 18.4. The van der Waals surface area contributed by atoms with Gasteiger partial charge in [-0.2, -0.15) is 0 Å². The molecule has 2 fully saturated rings. The van der Waals surface area contributed by atoms with Gasteiger partial charge >= 0.3 is 0 Å². The molecule has 1 aromatic heterocycles. The Balaban J connectivity index is 1.70. The second-order valence-electron chi connectivity index (χ2n) is 8.86. The highest BCUT2D eigenvalue weighted by atomic mass is 16.5. The van der Waals surface area contributed by atoms with Crippen molar-refractivity contribution in [3.8, 4) is 5.75 Å². The lowest BCUT2D eigenvalue weighted by Gasteiger charge is -2.43.